The van der Waals surface area contributed by atoms with E-state index in [0.29, 0.717) is 5.65 Å². The van der Waals surface area contributed by atoms with E-state index in [4.69, 9.17) is 0 Å². The fraction of sp³-hybridized carbons (Fsp3) is 0.273. The monoisotopic (exact) mass is 231 g/mol. The highest BCUT2D eigenvalue weighted by atomic mass is 19.1. The number of nitrogens with zero attached hydrogens (tertiary/aromatic N) is 5. The molecule has 17 heavy (non-hydrogen) atoms. The summed E-state index contributed by atoms with van der Waals surface area (Å²) in [4.78, 5) is 4.26. The summed E-state index contributed by atoms with van der Waals surface area (Å²) in [5.41, 5.74) is 3.32. The molecule has 3 rings (SSSR count). The zero-order valence-corrected chi connectivity index (χ0v) is 9.26. The smallest absolute Gasteiger partial charge is 0.204 e. The lowest BCUT2D eigenvalue weighted by Gasteiger charge is -2.04. The zero-order valence-electron chi connectivity index (χ0n) is 9.26. The van der Waals surface area contributed by atoms with Crippen LogP contribution in [-0.4, -0.2) is 25.0 Å². The Morgan fingerprint density at radius 2 is 2.24 bits per heavy atom. The van der Waals surface area contributed by atoms with Crippen LogP contribution in [0.3, 0.4) is 0 Å². The Kier molecular flexibility index (Phi) is 2.21. The number of fused-ring (bicyclic) bond motifs is 3. The molecule has 0 radical (unpaired) electrons. The van der Waals surface area contributed by atoms with Crippen LogP contribution in [0.25, 0.3) is 16.7 Å². The quantitative estimate of drug-likeness (QED) is 0.673. The molecule has 0 aliphatic carbocycles. The van der Waals surface area contributed by atoms with Crippen LogP contribution in [0.1, 0.15) is 18.2 Å². The van der Waals surface area contributed by atoms with Crippen LogP contribution >= 0.6 is 0 Å². The van der Waals surface area contributed by atoms with Gasteiger partial charge in [-0.1, -0.05) is 13.0 Å². The molecule has 0 aliphatic rings. The first-order chi connectivity index (χ1) is 8.33. The standard InChI is InChI=1S/C11H10FN5/c1-2-7-3-4-10-8(5-7)13-9(6-12)11-14-15-16-17(10)11/h3-5H,2,6H2,1H3. The predicted octanol–water partition coefficient (Wildman–Crippen LogP) is 1.70. The number of rotatable bonds is 2. The number of aryl methyl sites for hydroxylation is 1. The average molecular weight is 231 g/mol. The van der Waals surface area contributed by atoms with Crippen LogP contribution in [-0.2, 0) is 13.1 Å². The Balaban J connectivity index is 2.44. The van der Waals surface area contributed by atoms with Gasteiger partial charge in [0.2, 0.25) is 5.65 Å². The Morgan fingerprint density at radius 1 is 1.35 bits per heavy atom. The topological polar surface area (TPSA) is 56.0 Å². The van der Waals surface area contributed by atoms with E-state index in [1.54, 1.807) is 0 Å². The highest BCUT2D eigenvalue weighted by molar-refractivity contribution is 5.78. The van der Waals surface area contributed by atoms with Gasteiger partial charge in [-0.2, -0.15) is 4.52 Å². The van der Waals surface area contributed by atoms with Gasteiger partial charge in [-0.3, -0.25) is 0 Å². The van der Waals surface area contributed by atoms with Gasteiger partial charge >= 0.3 is 0 Å². The summed E-state index contributed by atoms with van der Waals surface area (Å²) in [5, 5.41) is 11.2. The van der Waals surface area contributed by atoms with Gasteiger partial charge in [0.15, 0.2) is 0 Å². The van der Waals surface area contributed by atoms with Gasteiger partial charge in [0.05, 0.1) is 11.0 Å². The fourth-order valence-electron chi connectivity index (χ4n) is 1.87. The van der Waals surface area contributed by atoms with E-state index in [9.17, 15) is 4.39 Å². The van der Waals surface area contributed by atoms with Crippen molar-refractivity contribution in [1.82, 2.24) is 25.0 Å². The Morgan fingerprint density at radius 3 is 3.00 bits per heavy atom. The van der Waals surface area contributed by atoms with Crippen LogP contribution in [0.2, 0.25) is 0 Å². The maximum atomic E-state index is 12.9. The van der Waals surface area contributed by atoms with E-state index in [-0.39, 0.29) is 5.69 Å². The van der Waals surface area contributed by atoms with Crippen molar-refractivity contribution >= 4 is 16.7 Å². The number of benzene rings is 1. The number of alkyl halides is 1. The number of tetrazole rings is 1. The summed E-state index contributed by atoms with van der Waals surface area (Å²) < 4.78 is 14.4. The van der Waals surface area contributed by atoms with Crippen molar-refractivity contribution < 1.29 is 4.39 Å². The van der Waals surface area contributed by atoms with E-state index in [1.807, 2.05) is 18.2 Å². The molecule has 0 saturated heterocycles. The van der Waals surface area contributed by atoms with Crippen LogP contribution < -0.4 is 0 Å². The van der Waals surface area contributed by atoms with E-state index >= 15 is 0 Å². The number of hydrogen-bond donors (Lipinski definition) is 0. The Bertz CT molecular complexity index is 691. The molecule has 2 aromatic heterocycles. The van der Waals surface area contributed by atoms with Gasteiger partial charge in [0.25, 0.3) is 0 Å². The predicted molar refractivity (Wildman–Crippen MR) is 60.3 cm³/mol. The summed E-state index contributed by atoms with van der Waals surface area (Å²) in [6.07, 6.45) is 0.913. The largest absolute Gasteiger partial charge is 0.244 e. The van der Waals surface area contributed by atoms with E-state index in [0.717, 1.165) is 23.0 Å². The van der Waals surface area contributed by atoms with Gasteiger partial charge < -0.3 is 0 Å². The minimum atomic E-state index is -0.670. The number of hydrogen-bond acceptors (Lipinski definition) is 4. The normalized spacial score (nSPS) is 11.4. The van der Waals surface area contributed by atoms with Gasteiger partial charge in [-0.05, 0) is 34.5 Å². The van der Waals surface area contributed by atoms with Crippen molar-refractivity contribution in [2.45, 2.75) is 20.0 Å². The first-order valence-corrected chi connectivity index (χ1v) is 5.39. The summed E-state index contributed by atoms with van der Waals surface area (Å²) in [5.74, 6) is 0. The summed E-state index contributed by atoms with van der Waals surface area (Å²) in [6, 6.07) is 5.85. The molecule has 0 amide bonds. The lowest BCUT2D eigenvalue weighted by atomic mass is 10.1. The number of halogens is 1. The van der Waals surface area contributed by atoms with Crippen molar-refractivity contribution in [3.05, 3.63) is 29.5 Å². The molecule has 0 aliphatic heterocycles. The van der Waals surface area contributed by atoms with Crippen molar-refractivity contribution in [3.63, 3.8) is 0 Å². The molecule has 0 bridgehead atoms. The Labute approximate surface area is 96.3 Å². The highest BCUT2D eigenvalue weighted by Gasteiger charge is 2.11. The number of aromatic nitrogens is 5. The van der Waals surface area contributed by atoms with Gasteiger partial charge in [-0.15, -0.1) is 5.10 Å². The Hall–Kier alpha value is -2.11. The SMILES string of the molecule is CCc1ccc2c(c1)nc(CF)c1nnnn12. The van der Waals surface area contributed by atoms with Crippen LogP contribution in [0.5, 0.6) is 0 Å². The molecule has 0 atom stereocenters. The third kappa shape index (κ3) is 1.44. The maximum Gasteiger partial charge on any atom is 0.204 e. The van der Waals surface area contributed by atoms with Gasteiger partial charge in [-0.25, -0.2) is 9.37 Å². The minimum absolute atomic E-state index is 0.274. The lowest BCUT2D eigenvalue weighted by Crippen LogP contribution is -1.99. The molecule has 5 nitrogen and oxygen atoms in total. The van der Waals surface area contributed by atoms with Crippen molar-refractivity contribution in [1.29, 1.82) is 0 Å². The third-order valence-corrected chi connectivity index (χ3v) is 2.79. The summed E-state index contributed by atoms with van der Waals surface area (Å²) in [6.45, 7) is 1.39. The fourth-order valence-corrected chi connectivity index (χ4v) is 1.87. The third-order valence-electron chi connectivity index (χ3n) is 2.79. The molecule has 0 saturated carbocycles. The van der Waals surface area contributed by atoms with E-state index in [1.165, 1.54) is 4.52 Å². The second-order valence-electron chi connectivity index (χ2n) is 3.78. The molecule has 86 valence electrons. The molecule has 0 fully saturated rings. The molecule has 0 N–H and O–H groups in total. The van der Waals surface area contributed by atoms with Crippen LogP contribution in [0.4, 0.5) is 4.39 Å². The molecule has 2 heterocycles. The average Bonchev–Trinajstić information content (AvgIpc) is 2.86. The zero-order chi connectivity index (χ0) is 11.8. The van der Waals surface area contributed by atoms with Crippen molar-refractivity contribution in [2.75, 3.05) is 0 Å². The molecule has 3 aromatic rings. The lowest BCUT2D eigenvalue weighted by molar-refractivity contribution is 0.478. The molecule has 0 unspecified atom stereocenters. The van der Waals surface area contributed by atoms with Crippen LogP contribution in [0, 0.1) is 0 Å². The van der Waals surface area contributed by atoms with Crippen molar-refractivity contribution in [3.8, 4) is 0 Å². The second kappa shape index (κ2) is 3.73. The maximum absolute atomic E-state index is 12.9. The summed E-state index contributed by atoms with van der Waals surface area (Å²) >= 11 is 0. The van der Waals surface area contributed by atoms with Crippen LogP contribution in [0.15, 0.2) is 18.2 Å². The van der Waals surface area contributed by atoms with Crippen molar-refractivity contribution in [2.24, 2.45) is 0 Å². The molecular formula is C11H10FN5. The van der Waals surface area contributed by atoms with Gasteiger partial charge in [0.1, 0.15) is 12.4 Å². The molecular weight excluding hydrogens is 221 g/mol. The highest BCUT2D eigenvalue weighted by Crippen LogP contribution is 2.18. The van der Waals surface area contributed by atoms with E-state index < -0.39 is 6.67 Å². The molecule has 6 heteroatoms. The summed E-state index contributed by atoms with van der Waals surface area (Å²) in [7, 11) is 0. The second-order valence-corrected chi connectivity index (χ2v) is 3.78. The first-order valence-electron chi connectivity index (χ1n) is 5.39. The minimum Gasteiger partial charge on any atom is -0.244 e. The molecule has 0 spiro atoms. The molecule has 1 aromatic carbocycles. The van der Waals surface area contributed by atoms with Gasteiger partial charge in [0, 0.05) is 0 Å². The first kappa shape index (κ1) is 10.1. The van der Waals surface area contributed by atoms with E-state index in [2.05, 4.69) is 27.4 Å².